The number of hydrogen-bond acceptors (Lipinski definition) is 7. The number of fused-ring (bicyclic) bond motifs is 2. The summed E-state index contributed by atoms with van der Waals surface area (Å²) in [5.41, 5.74) is 5.45. The van der Waals surface area contributed by atoms with Gasteiger partial charge in [0.25, 0.3) is 5.91 Å². The molecule has 1 aliphatic rings. The highest BCUT2D eigenvalue weighted by Gasteiger charge is 2.17. The zero-order valence-electron chi connectivity index (χ0n) is 18.4. The average molecular weight is 470 g/mol. The lowest BCUT2D eigenvalue weighted by molar-refractivity contribution is 0.102. The first kappa shape index (κ1) is 20.9. The number of carbonyl (C=O) groups is 1. The second kappa shape index (κ2) is 8.94. The molecule has 2 N–H and O–H groups in total. The minimum Gasteiger partial charge on any atom is -0.320 e. The summed E-state index contributed by atoms with van der Waals surface area (Å²) in [5.74, 6) is -0.290. The summed E-state index contributed by atoms with van der Waals surface area (Å²) in [4.78, 5) is 30.1. The number of carbonyl (C=O) groups excluding carboxylic acids is 1. The van der Waals surface area contributed by atoms with Crippen molar-refractivity contribution in [2.24, 2.45) is 0 Å². The highest BCUT2D eigenvalue weighted by Crippen LogP contribution is 2.32. The molecule has 34 heavy (non-hydrogen) atoms. The van der Waals surface area contributed by atoms with Crippen LogP contribution in [0.4, 0.5) is 5.69 Å². The van der Waals surface area contributed by atoms with Gasteiger partial charge >= 0.3 is 0 Å². The van der Waals surface area contributed by atoms with E-state index >= 15 is 0 Å². The fraction of sp³-hybridized carbons (Fsp3) is 0.200. The lowest BCUT2D eigenvalue weighted by Crippen LogP contribution is -2.42. The molecule has 9 heteroatoms. The van der Waals surface area contributed by atoms with Crippen LogP contribution in [0.15, 0.2) is 66.3 Å². The maximum absolute atomic E-state index is 13.0. The molecular formula is C25H23N7OS. The molecule has 1 aliphatic heterocycles. The van der Waals surface area contributed by atoms with E-state index in [1.54, 1.807) is 11.3 Å². The molecule has 0 aliphatic carbocycles. The maximum Gasteiger partial charge on any atom is 0.275 e. The lowest BCUT2D eigenvalue weighted by atomic mass is 10.1. The van der Waals surface area contributed by atoms with E-state index in [2.05, 4.69) is 41.5 Å². The molecule has 6 rings (SSSR count). The molecule has 5 aromatic rings. The molecule has 0 bridgehead atoms. The van der Waals surface area contributed by atoms with Gasteiger partial charge in [0, 0.05) is 49.9 Å². The van der Waals surface area contributed by atoms with Crippen molar-refractivity contribution in [2.75, 3.05) is 31.5 Å². The molecule has 0 saturated carbocycles. The number of nitrogens with one attached hydrogen (secondary N) is 2. The van der Waals surface area contributed by atoms with Gasteiger partial charge in [0.05, 0.1) is 34.3 Å². The van der Waals surface area contributed by atoms with Gasteiger partial charge in [0.1, 0.15) is 5.69 Å². The molecule has 0 unspecified atom stereocenters. The van der Waals surface area contributed by atoms with Crippen molar-refractivity contribution in [3.05, 3.63) is 77.7 Å². The van der Waals surface area contributed by atoms with Crippen LogP contribution in [0.1, 0.15) is 16.2 Å². The molecule has 1 saturated heterocycles. The summed E-state index contributed by atoms with van der Waals surface area (Å²) in [7, 11) is 0. The number of rotatable bonds is 5. The Morgan fingerprint density at radius 2 is 1.82 bits per heavy atom. The first-order valence-corrected chi connectivity index (χ1v) is 12.1. The fourth-order valence-electron chi connectivity index (χ4n) is 4.27. The Bertz CT molecular complexity index is 1490. The summed E-state index contributed by atoms with van der Waals surface area (Å²) < 4.78 is 2.11. The Morgan fingerprint density at radius 3 is 2.71 bits per heavy atom. The van der Waals surface area contributed by atoms with Crippen LogP contribution in [-0.2, 0) is 6.54 Å². The van der Waals surface area contributed by atoms with E-state index in [0.717, 1.165) is 65.8 Å². The topological polar surface area (TPSA) is 87.5 Å². The van der Waals surface area contributed by atoms with Gasteiger partial charge in [-0.05, 0) is 18.2 Å². The molecule has 8 nitrogen and oxygen atoms in total. The summed E-state index contributed by atoms with van der Waals surface area (Å²) in [6.45, 7) is 4.94. The summed E-state index contributed by atoms with van der Waals surface area (Å²) >= 11 is 1.60. The van der Waals surface area contributed by atoms with Crippen molar-refractivity contribution in [3.63, 3.8) is 0 Å². The Hall–Kier alpha value is -3.66. The molecule has 1 amide bonds. The van der Waals surface area contributed by atoms with Crippen molar-refractivity contribution in [1.29, 1.82) is 0 Å². The Morgan fingerprint density at radius 1 is 1.03 bits per heavy atom. The summed E-state index contributed by atoms with van der Waals surface area (Å²) in [5, 5.41) is 8.50. The zero-order valence-corrected chi connectivity index (χ0v) is 19.3. The van der Waals surface area contributed by atoms with E-state index in [-0.39, 0.29) is 11.6 Å². The fourth-order valence-corrected chi connectivity index (χ4v) is 5.16. The molecule has 1 fully saturated rings. The van der Waals surface area contributed by atoms with Crippen molar-refractivity contribution < 1.29 is 4.79 Å². The highest BCUT2D eigenvalue weighted by atomic mass is 32.1. The van der Waals surface area contributed by atoms with Crippen LogP contribution in [0, 0.1) is 0 Å². The second-order valence-corrected chi connectivity index (χ2v) is 9.11. The number of aromatic nitrogens is 4. The van der Waals surface area contributed by atoms with Crippen molar-refractivity contribution in [2.45, 2.75) is 6.54 Å². The number of para-hydroxylation sites is 3. The third-order valence-electron chi connectivity index (χ3n) is 5.99. The van der Waals surface area contributed by atoms with Gasteiger partial charge in [-0.25, -0.2) is 9.97 Å². The third-order valence-corrected chi connectivity index (χ3v) is 6.83. The predicted octanol–water partition coefficient (Wildman–Crippen LogP) is 3.66. The van der Waals surface area contributed by atoms with E-state index in [9.17, 15) is 4.79 Å². The second-order valence-electron chi connectivity index (χ2n) is 8.28. The van der Waals surface area contributed by atoms with Crippen molar-refractivity contribution in [3.8, 4) is 11.3 Å². The van der Waals surface area contributed by atoms with E-state index in [1.165, 1.54) is 6.20 Å². The van der Waals surface area contributed by atoms with E-state index in [0.29, 0.717) is 5.52 Å². The van der Waals surface area contributed by atoms with Crippen LogP contribution in [0.25, 0.3) is 27.3 Å². The number of nitrogens with zero attached hydrogens (tertiary/aromatic N) is 5. The Labute approximate surface area is 200 Å². The largest absolute Gasteiger partial charge is 0.320 e. The number of imidazole rings is 1. The average Bonchev–Trinajstić information content (AvgIpc) is 3.45. The van der Waals surface area contributed by atoms with E-state index in [1.807, 2.05) is 48.5 Å². The van der Waals surface area contributed by atoms with Gasteiger partial charge in [-0.1, -0.05) is 30.3 Å². The van der Waals surface area contributed by atoms with Crippen LogP contribution in [0.5, 0.6) is 0 Å². The van der Waals surface area contributed by atoms with Gasteiger partial charge in [-0.3, -0.25) is 19.1 Å². The highest BCUT2D eigenvalue weighted by molar-refractivity contribution is 7.15. The molecule has 0 atom stereocenters. The van der Waals surface area contributed by atoms with Gasteiger partial charge in [0.15, 0.2) is 4.96 Å². The number of piperazine rings is 1. The number of thiazole rings is 1. The van der Waals surface area contributed by atoms with Crippen molar-refractivity contribution in [1.82, 2.24) is 29.6 Å². The minimum absolute atomic E-state index is 0.282. The van der Waals surface area contributed by atoms with Gasteiger partial charge < -0.3 is 10.6 Å². The van der Waals surface area contributed by atoms with Gasteiger partial charge in [-0.2, -0.15) is 0 Å². The quantitative estimate of drug-likeness (QED) is 0.409. The lowest BCUT2D eigenvalue weighted by Gasteiger charge is -2.26. The number of hydrogen-bond donors (Lipinski definition) is 2. The Balaban J connectivity index is 1.28. The van der Waals surface area contributed by atoms with Crippen LogP contribution in [0.2, 0.25) is 0 Å². The summed E-state index contributed by atoms with van der Waals surface area (Å²) in [6.07, 6.45) is 3.62. The molecule has 3 aromatic heterocycles. The SMILES string of the molecule is O=C(Nc1ccccc1-c1csc2nc(CN3CCNCC3)cn12)c1cnc2ccccc2n1. The van der Waals surface area contributed by atoms with Crippen LogP contribution in [0.3, 0.4) is 0 Å². The van der Waals surface area contributed by atoms with E-state index in [4.69, 9.17) is 4.98 Å². The molecule has 0 spiro atoms. The molecule has 4 heterocycles. The standard InChI is InChI=1S/C25H23N7OS/c33-24(22-13-27-20-7-3-4-8-21(20)29-22)30-19-6-2-1-5-18(19)23-16-34-25-28-17(15-32(23)25)14-31-11-9-26-10-12-31/h1-8,13,15-16,26H,9-12,14H2,(H,30,33). The first-order chi connectivity index (χ1) is 16.7. The van der Waals surface area contributed by atoms with E-state index < -0.39 is 0 Å². The number of benzene rings is 2. The molecule has 170 valence electrons. The first-order valence-electron chi connectivity index (χ1n) is 11.3. The van der Waals surface area contributed by atoms with Crippen LogP contribution in [-0.4, -0.2) is 56.3 Å². The molecule has 0 radical (unpaired) electrons. The monoisotopic (exact) mass is 469 g/mol. The normalized spacial score (nSPS) is 14.6. The number of anilines is 1. The molecule has 2 aromatic carbocycles. The van der Waals surface area contributed by atoms with Crippen LogP contribution >= 0.6 is 11.3 Å². The van der Waals surface area contributed by atoms with Crippen LogP contribution < -0.4 is 10.6 Å². The van der Waals surface area contributed by atoms with Gasteiger partial charge in [-0.15, -0.1) is 11.3 Å². The molecular weight excluding hydrogens is 446 g/mol. The number of amides is 1. The Kier molecular flexibility index (Phi) is 5.50. The minimum atomic E-state index is -0.290. The predicted molar refractivity (Wildman–Crippen MR) is 134 cm³/mol. The smallest absolute Gasteiger partial charge is 0.275 e. The zero-order chi connectivity index (χ0) is 22.9. The third kappa shape index (κ3) is 4.05. The van der Waals surface area contributed by atoms with Crippen molar-refractivity contribution >= 4 is 38.9 Å². The summed E-state index contributed by atoms with van der Waals surface area (Å²) in [6, 6.07) is 15.3. The maximum atomic E-state index is 13.0. The van der Waals surface area contributed by atoms with Gasteiger partial charge in [0.2, 0.25) is 0 Å².